The normalized spacial score (nSPS) is 13.3. The number of rotatable bonds is 2. The van der Waals surface area contributed by atoms with Crippen LogP contribution in [-0.4, -0.2) is 30.6 Å². The highest BCUT2D eigenvalue weighted by Crippen LogP contribution is 2.22. The summed E-state index contributed by atoms with van der Waals surface area (Å²) in [6, 6.07) is 0. The number of oxazole rings is 1. The van der Waals surface area contributed by atoms with Crippen LogP contribution in [0.1, 0.15) is 32.4 Å². The van der Waals surface area contributed by atoms with Gasteiger partial charge in [-0.2, -0.15) is 0 Å². The summed E-state index contributed by atoms with van der Waals surface area (Å²) in [6.07, 6.45) is 1.84. The van der Waals surface area contributed by atoms with Crippen molar-refractivity contribution in [2.24, 2.45) is 0 Å². The number of hydrogen-bond donors (Lipinski definition) is 0. The van der Waals surface area contributed by atoms with Crippen LogP contribution < -0.4 is 0 Å². The lowest BCUT2D eigenvalue weighted by molar-refractivity contribution is -0.884. The average Bonchev–Trinajstić information content (AvgIpc) is 2.29. The highest BCUT2D eigenvalue weighted by Gasteiger charge is 2.21. The first kappa shape index (κ1) is 11.2. The van der Waals surface area contributed by atoms with Crippen LogP contribution in [0.2, 0.25) is 0 Å². The molecule has 3 nitrogen and oxygen atoms in total. The molecule has 1 rings (SSSR count). The van der Waals surface area contributed by atoms with Crippen molar-refractivity contribution in [2.75, 3.05) is 21.1 Å². The van der Waals surface area contributed by atoms with Gasteiger partial charge in [-0.15, -0.1) is 0 Å². The van der Waals surface area contributed by atoms with Gasteiger partial charge in [0.25, 0.3) is 0 Å². The lowest BCUT2D eigenvalue weighted by Crippen LogP contribution is -2.33. The number of nitrogens with zero attached hydrogens (tertiary/aromatic N) is 2. The van der Waals surface area contributed by atoms with E-state index >= 15 is 0 Å². The summed E-state index contributed by atoms with van der Waals surface area (Å²) in [5, 5.41) is 0. The topological polar surface area (TPSA) is 26.0 Å². The zero-order valence-electron chi connectivity index (χ0n) is 10.1. The molecule has 0 N–H and O–H groups in total. The molecule has 1 aromatic rings. The standard InChI is InChI=1S/C11H21N2O/c1-11(2,3)10-12-7-9(14-10)8-13(4,5)6/h7H,8H2,1-6H3/q+1. The van der Waals surface area contributed by atoms with Crippen LogP contribution in [0, 0.1) is 0 Å². The lowest BCUT2D eigenvalue weighted by atomic mass is 9.97. The van der Waals surface area contributed by atoms with Gasteiger partial charge in [0.2, 0.25) is 0 Å². The molecular formula is C11H21N2O+. The molecule has 0 unspecified atom stereocenters. The van der Waals surface area contributed by atoms with E-state index in [1.807, 2.05) is 6.20 Å². The number of aromatic nitrogens is 1. The van der Waals surface area contributed by atoms with Gasteiger partial charge in [-0.25, -0.2) is 4.98 Å². The zero-order chi connectivity index (χ0) is 11.0. The van der Waals surface area contributed by atoms with E-state index in [1.54, 1.807) is 0 Å². The Morgan fingerprint density at radius 2 is 1.86 bits per heavy atom. The van der Waals surface area contributed by atoms with Crippen LogP contribution in [0.15, 0.2) is 10.6 Å². The van der Waals surface area contributed by atoms with Crippen molar-refractivity contribution in [3.05, 3.63) is 17.8 Å². The molecule has 3 heteroatoms. The molecule has 0 saturated heterocycles. The van der Waals surface area contributed by atoms with Gasteiger partial charge in [0.1, 0.15) is 6.54 Å². The smallest absolute Gasteiger partial charge is 0.200 e. The third-order valence-corrected chi connectivity index (χ3v) is 1.83. The molecule has 0 spiro atoms. The maximum atomic E-state index is 5.70. The minimum Gasteiger partial charge on any atom is -0.439 e. The highest BCUT2D eigenvalue weighted by atomic mass is 16.4. The molecule has 80 valence electrons. The Morgan fingerprint density at radius 1 is 1.29 bits per heavy atom. The SMILES string of the molecule is CC(C)(C)c1ncc(C[N+](C)(C)C)o1. The Balaban J connectivity index is 2.79. The molecule has 0 amide bonds. The zero-order valence-corrected chi connectivity index (χ0v) is 10.1. The summed E-state index contributed by atoms with van der Waals surface area (Å²) in [4.78, 5) is 4.29. The Bertz CT molecular complexity index is 302. The van der Waals surface area contributed by atoms with Crippen LogP contribution in [0.4, 0.5) is 0 Å². The van der Waals surface area contributed by atoms with Gasteiger partial charge in [-0.1, -0.05) is 20.8 Å². The maximum Gasteiger partial charge on any atom is 0.200 e. The van der Waals surface area contributed by atoms with Crippen molar-refractivity contribution >= 4 is 0 Å². The van der Waals surface area contributed by atoms with Crippen LogP contribution in [0.3, 0.4) is 0 Å². The second-order valence-corrected chi connectivity index (χ2v) is 5.83. The van der Waals surface area contributed by atoms with E-state index in [9.17, 15) is 0 Å². The van der Waals surface area contributed by atoms with Crippen LogP contribution in [0.25, 0.3) is 0 Å². The van der Waals surface area contributed by atoms with E-state index in [1.165, 1.54) is 0 Å². The second kappa shape index (κ2) is 3.39. The summed E-state index contributed by atoms with van der Waals surface area (Å²) in [5.41, 5.74) is 0.00311. The molecule has 0 aliphatic rings. The van der Waals surface area contributed by atoms with Gasteiger partial charge < -0.3 is 8.90 Å². The first-order valence-electron chi connectivity index (χ1n) is 4.94. The molecular weight excluding hydrogens is 176 g/mol. The fraction of sp³-hybridized carbons (Fsp3) is 0.727. The Hall–Kier alpha value is -0.830. The average molecular weight is 197 g/mol. The van der Waals surface area contributed by atoms with Gasteiger partial charge in [0, 0.05) is 5.41 Å². The fourth-order valence-electron chi connectivity index (χ4n) is 1.19. The molecule has 1 heterocycles. The molecule has 14 heavy (non-hydrogen) atoms. The van der Waals surface area contributed by atoms with Crippen molar-refractivity contribution < 1.29 is 8.90 Å². The molecule has 0 saturated carbocycles. The van der Waals surface area contributed by atoms with Crippen LogP contribution >= 0.6 is 0 Å². The minimum absolute atomic E-state index is 0.00311. The van der Waals surface area contributed by atoms with Crippen molar-refractivity contribution in [1.29, 1.82) is 0 Å². The van der Waals surface area contributed by atoms with Gasteiger partial charge in [0.05, 0.1) is 27.3 Å². The molecule has 1 aromatic heterocycles. The first-order valence-corrected chi connectivity index (χ1v) is 4.94. The Labute approximate surface area is 86.3 Å². The molecule has 0 radical (unpaired) electrons. The third kappa shape index (κ3) is 3.14. The van der Waals surface area contributed by atoms with Crippen LogP contribution in [0.5, 0.6) is 0 Å². The van der Waals surface area contributed by atoms with E-state index in [-0.39, 0.29) is 5.41 Å². The minimum atomic E-state index is 0.00311. The summed E-state index contributed by atoms with van der Waals surface area (Å²) < 4.78 is 6.56. The van der Waals surface area contributed by atoms with Crippen LogP contribution in [-0.2, 0) is 12.0 Å². The summed E-state index contributed by atoms with van der Waals surface area (Å²) in [5.74, 6) is 1.78. The van der Waals surface area contributed by atoms with E-state index in [4.69, 9.17) is 4.42 Å². The van der Waals surface area contributed by atoms with Gasteiger partial charge in [-0.05, 0) is 0 Å². The van der Waals surface area contributed by atoms with Crippen molar-refractivity contribution in [3.63, 3.8) is 0 Å². The van der Waals surface area contributed by atoms with Gasteiger partial charge >= 0.3 is 0 Å². The van der Waals surface area contributed by atoms with Gasteiger partial charge in [-0.3, -0.25) is 0 Å². The molecule has 0 aliphatic heterocycles. The van der Waals surface area contributed by atoms with Crippen molar-refractivity contribution in [1.82, 2.24) is 4.98 Å². The monoisotopic (exact) mass is 197 g/mol. The lowest BCUT2D eigenvalue weighted by Gasteiger charge is -2.22. The second-order valence-electron chi connectivity index (χ2n) is 5.83. The summed E-state index contributed by atoms with van der Waals surface area (Å²) >= 11 is 0. The van der Waals surface area contributed by atoms with Crippen molar-refractivity contribution in [3.8, 4) is 0 Å². The molecule has 0 atom stereocenters. The van der Waals surface area contributed by atoms with E-state index < -0.39 is 0 Å². The van der Waals surface area contributed by atoms with E-state index in [2.05, 4.69) is 46.9 Å². The van der Waals surface area contributed by atoms with Crippen molar-refractivity contribution in [2.45, 2.75) is 32.7 Å². The maximum absolute atomic E-state index is 5.70. The quantitative estimate of drug-likeness (QED) is 0.679. The summed E-state index contributed by atoms with van der Waals surface area (Å²) in [7, 11) is 6.41. The predicted molar refractivity (Wildman–Crippen MR) is 56.9 cm³/mol. The van der Waals surface area contributed by atoms with E-state index in [0.717, 1.165) is 22.7 Å². The molecule has 0 aromatic carbocycles. The summed E-state index contributed by atoms with van der Waals surface area (Å²) in [6.45, 7) is 7.20. The number of quaternary nitrogens is 1. The van der Waals surface area contributed by atoms with E-state index in [0.29, 0.717) is 0 Å². The Kier molecular flexibility index (Phi) is 2.72. The number of hydrogen-bond acceptors (Lipinski definition) is 2. The van der Waals surface area contributed by atoms with Gasteiger partial charge in [0.15, 0.2) is 11.7 Å². The third-order valence-electron chi connectivity index (χ3n) is 1.83. The first-order chi connectivity index (χ1) is 6.18. The Morgan fingerprint density at radius 3 is 2.21 bits per heavy atom. The molecule has 0 bridgehead atoms. The molecule has 0 fully saturated rings. The fourth-order valence-corrected chi connectivity index (χ4v) is 1.19. The molecule has 0 aliphatic carbocycles. The highest BCUT2D eigenvalue weighted by molar-refractivity contribution is 5.01. The largest absolute Gasteiger partial charge is 0.439 e. The predicted octanol–water partition coefficient (Wildman–Crippen LogP) is 2.18.